The van der Waals surface area contributed by atoms with Crippen molar-refractivity contribution in [2.45, 2.75) is 50.9 Å². The summed E-state index contributed by atoms with van der Waals surface area (Å²) in [5.41, 5.74) is 2.04. The van der Waals surface area contributed by atoms with Gasteiger partial charge in [-0.25, -0.2) is 0 Å². The minimum absolute atomic E-state index is 0.456. The van der Waals surface area contributed by atoms with Gasteiger partial charge >= 0.3 is 0 Å². The molecule has 154 valence electrons. The van der Waals surface area contributed by atoms with E-state index < -0.39 is 0 Å². The highest BCUT2D eigenvalue weighted by Crippen LogP contribution is 2.35. The van der Waals surface area contributed by atoms with E-state index in [-0.39, 0.29) is 0 Å². The summed E-state index contributed by atoms with van der Waals surface area (Å²) < 4.78 is 0. The average Bonchev–Trinajstić information content (AvgIpc) is 3.71. The first-order valence-electron chi connectivity index (χ1n) is 10.6. The topological polar surface area (TPSA) is 83.0 Å². The summed E-state index contributed by atoms with van der Waals surface area (Å²) in [6.07, 6.45) is 8.29. The predicted molar refractivity (Wildman–Crippen MR) is 116 cm³/mol. The van der Waals surface area contributed by atoms with Crippen molar-refractivity contribution in [3.63, 3.8) is 0 Å². The van der Waals surface area contributed by atoms with Gasteiger partial charge in [0.2, 0.25) is 17.8 Å². The van der Waals surface area contributed by atoms with Gasteiger partial charge in [0.15, 0.2) is 0 Å². The predicted octanol–water partition coefficient (Wildman–Crippen LogP) is 3.04. The zero-order valence-electron chi connectivity index (χ0n) is 17.1. The lowest BCUT2D eigenvalue weighted by atomic mass is 10.3. The summed E-state index contributed by atoms with van der Waals surface area (Å²) in [7, 11) is 1.85. The van der Waals surface area contributed by atoms with E-state index in [1.807, 2.05) is 55.8 Å². The van der Waals surface area contributed by atoms with Crippen molar-refractivity contribution in [1.82, 2.24) is 24.9 Å². The van der Waals surface area contributed by atoms with E-state index in [0.717, 1.165) is 37.1 Å². The Balaban J connectivity index is 1.47. The van der Waals surface area contributed by atoms with E-state index >= 15 is 0 Å². The lowest BCUT2D eigenvalue weighted by Gasteiger charge is -2.26. The molecule has 2 saturated carbocycles. The molecule has 2 fully saturated rings. The Morgan fingerprint density at radius 2 is 1.27 bits per heavy atom. The molecule has 3 heterocycles. The standard InChI is InChI=1S/C22H26N8/c1-23-20-26-21(29(18-8-9-18)14-16-6-2-4-12-24-16)28-22(27-20)30(19-10-11-19)15-17-7-3-5-13-25-17/h2-7,12-13,18-19H,8-11,14-15H2,1H3,(H,23,26,27,28). The van der Waals surface area contributed by atoms with E-state index in [0.29, 0.717) is 43.0 Å². The molecule has 2 aliphatic carbocycles. The Morgan fingerprint density at radius 1 is 0.767 bits per heavy atom. The molecule has 0 aromatic carbocycles. The van der Waals surface area contributed by atoms with Crippen LogP contribution >= 0.6 is 0 Å². The van der Waals surface area contributed by atoms with Crippen LogP contribution in [-0.4, -0.2) is 44.1 Å². The number of nitrogens with zero attached hydrogens (tertiary/aromatic N) is 7. The van der Waals surface area contributed by atoms with Crippen LogP contribution in [0.5, 0.6) is 0 Å². The molecule has 30 heavy (non-hydrogen) atoms. The largest absolute Gasteiger partial charge is 0.357 e. The van der Waals surface area contributed by atoms with E-state index in [9.17, 15) is 0 Å². The van der Waals surface area contributed by atoms with Crippen LogP contribution < -0.4 is 15.1 Å². The van der Waals surface area contributed by atoms with Crippen LogP contribution in [0.15, 0.2) is 48.8 Å². The van der Waals surface area contributed by atoms with Crippen LogP contribution in [0.2, 0.25) is 0 Å². The molecule has 8 nitrogen and oxygen atoms in total. The zero-order valence-corrected chi connectivity index (χ0v) is 17.1. The molecular weight excluding hydrogens is 376 g/mol. The lowest BCUT2D eigenvalue weighted by molar-refractivity contribution is 0.711. The molecule has 1 N–H and O–H groups in total. The van der Waals surface area contributed by atoms with Gasteiger partial charge in [-0.2, -0.15) is 15.0 Å². The summed E-state index contributed by atoms with van der Waals surface area (Å²) in [6.45, 7) is 1.39. The Hall–Kier alpha value is -3.29. The van der Waals surface area contributed by atoms with Crippen LogP contribution in [0.4, 0.5) is 17.8 Å². The van der Waals surface area contributed by atoms with Crippen molar-refractivity contribution in [2.75, 3.05) is 22.2 Å². The molecular formula is C22H26N8. The smallest absolute Gasteiger partial charge is 0.232 e. The zero-order chi connectivity index (χ0) is 20.3. The first-order valence-corrected chi connectivity index (χ1v) is 10.6. The third-order valence-electron chi connectivity index (χ3n) is 5.44. The Labute approximate surface area is 176 Å². The molecule has 0 unspecified atom stereocenters. The van der Waals surface area contributed by atoms with Gasteiger partial charge in [-0.15, -0.1) is 0 Å². The Bertz CT molecular complexity index is 897. The number of aromatic nitrogens is 5. The average molecular weight is 403 g/mol. The van der Waals surface area contributed by atoms with Crippen LogP contribution in [0.1, 0.15) is 37.1 Å². The first kappa shape index (κ1) is 18.7. The SMILES string of the molecule is CNc1nc(N(Cc2ccccn2)C2CC2)nc(N(Cc2ccccn2)C2CC2)n1. The summed E-state index contributed by atoms with van der Waals surface area (Å²) in [6, 6.07) is 12.9. The molecule has 0 spiro atoms. The molecule has 8 heteroatoms. The van der Waals surface area contributed by atoms with Crippen molar-refractivity contribution in [1.29, 1.82) is 0 Å². The molecule has 0 atom stereocenters. The van der Waals surface area contributed by atoms with E-state index in [4.69, 9.17) is 15.0 Å². The molecule has 3 aromatic heterocycles. The van der Waals surface area contributed by atoms with Crippen LogP contribution in [0.25, 0.3) is 0 Å². The fourth-order valence-electron chi connectivity index (χ4n) is 3.55. The van der Waals surface area contributed by atoms with Crippen LogP contribution in [0.3, 0.4) is 0 Å². The summed E-state index contributed by atoms with van der Waals surface area (Å²) in [5, 5.41) is 3.12. The van der Waals surface area contributed by atoms with Crippen LogP contribution in [0, 0.1) is 0 Å². The molecule has 3 aromatic rings. The third-order valence-corrected chi connectivity index (χ3v) is 5.44. The maximum atomic E-state index is 4.93. The fourth-order valence-corrected chi connectivity index (χ4v) is 3.55. The second kappa shape index (κ2) is 8.22. The molecule has 0 saturated heterocycles. The highest BCUT2D eigenvalue weighted by molar-refractivity contribution is 5.48. The number of anilines is 3. The van der Waals surface area contributed by atoms with Gasteiger partial charge in [-0.3, -0.25) is 9.97 Å². The van der Waals surface area contributed by atoms with E-state index in [2.05, 4.69) is 25.1 Å². The monoisotopic (exact) mass is 402 g/mol. The summed E-state index contributed by atoms with van der Waals surface area (Å²) in [5.74, 6) is 2.02. The normalized spacial score (nSPS) is 15.6. The van der Waals surface area contributed by atoms with Crippen LogP contribution in [-0.2, 0) is 13.1 Å². The second-order valence-electron chi connectivity index (χ2n) is 7.87. The van der Waals surface area contributed by atoms with Crippen molar-refractivity contribution in [2.24, 2.45) is 0 Å². The van der Waals surface area contributed by atoms with Gasteiger partial charge in [-0.1, -0.05) is 12.1 Å². The van der Waals surface area contributed by atoms with Gasteiger partial charge in [0.05, 0.1) is 24.5 Å². The number of hydrogen-bond donors (Lipinski definition) is 1. The minimum atomic E-state index is 0.456. The summed E-state index contributed by atoms with van der Waals surface area (Å²) in [4.78, 5) is 27.9. The number of hydrogen-bond acceptors (Lipinski definition) is 8. The number of rotatable bonds is 9. The molecule has 0 aliphatic heterocycles. The molecule has 0 radical (unpaired) electrons. The number of pyridine rings is 2. The van der Waals surface area contributed by atoms with E-state index in [1.165, 1.54) is 0 Å². The minimum Gasteiger partial charge on any atom is -0.357 e. The maximum Gasteiger partial charge on any atom is 0.232 e. The van der Waals surface area contributed by atoms with Gasteiger partial charge < -0.3 is 15.1 Å². The Kier molecular flexibility index (Phi) is 5.13. The van der Waals surface area contributed by atoms with Gasteiger partial charge in [0.25, 0.3) is 0 Å². The third kappa shape index (κ3) is 4.32. The lowest BCUT2D eigenvalue weighted by Crippen LogP contribution is -2.31. The van der Waals surface area contributed by atoms with Crippen molar-refractivity contribution < 1.29 is 0 Å². The number of nitrogens with one attached hydrogen (secondary N) is 1. The summed E-state index contributed by atoms with van der Waals surface area (Å²) >= 11 is 0. The second-order valence-corrected chi connectivity index (χ2v) is 7.87. The van der Waals surface area contributed by atoms with E-state index in [1.54, 1.807) is 0 Å². The van der Waals surface area contributed by atoms with Gasteiger partial charge in [0, 0.05) is 31.5 Å². The van der Waals surface area contributed by atoms with Crippen molar-refractivity contribution >= 4 is 17.8 Å². The van der Waals surface area contributed by atoms with Crippen molar-refractivity contribution in [3.8, 4) is 0 Å². The molecule has 0 bridgehead atoms. The molecule has 5 rings (SSSR count). The fraction of sp³-hybridized carbons (Fsp3) is 0.409. The maximum absolute atomic E-state index is 4.93. The molecule has 0 amide bonds. The van der Waals surface area contributed by atoms with Crippen molar-refractivity contribution in [3.05, 3.63) is 60.2 Å². The highest BCUT2D eigenvalue weighted by Gasteiger charge is 2.35. The first-order chi connectivity index (χ1) is 14.8. The van der Waals surface area contributed by atoms with Gasteiger partial charge in [0.1, 0.15) is 0 Å². The Morgan fingerprint density at radius 3 is 1.63 bits per heavy atom. The molecule has 2 aliphatic rings. The quantitative estimate of drug-likeness (QED) is 0.585. The van der Waals surface area contributed by atoms with Gasteiger partial charge in [-0.05, 0) is 49.9 Å². The highest BCUT2D eigenvalue weighted by atomic mass is 15.4.